The first-order valence-corrected chi connectivity index (χ1v) is 9.65. The zero-order chi connectivity index (χ0) is 15.3. The summed E-state index contributed by atoms with van der Waals surface area (Å²) in [5.74, 6) is 0.768. The molecule has 0 aliphatic rings. The molecule has 0 amide bonds. The summed E-state index contributed by atoms with van der Waals surface area (Å²) in [5, 5.41) is 0. The van der Waals surface area contributed by atoms with Crippen molar-refractivity contribution in [1.82, 2.24) is 9.29 Å². The molecule has 7 heteroatoms. The zero-order valence-corrected chi connectivity index (χ0v) is 14.2. The summed E-state index contributed by atoms with van der Waals surface area (Å²) >= 11 is 1.64. The molecule has 5 nitrogen and oxygen atoms in total. The lowest BCUT2D eigenvalue weighted by atomic mass is 10.3. The maximum atomic E-state index is 12.4. The number of sulfonamides is 1. The molecule has 1 aromatic rings. The highest BCUT2D eigenvalue weighted by Gasteiger charge is 2.22. The Morgan fingerprint density at radius 1 is 1.45 bits per heavy atom. The first-order valence-electron chi connectivity index (χ1n) is 6.77. The van der Waals surface area contributed by atoms with E-state index in [0.29, 0.717) is 11.4 Å². The number of thioether (sulfide) groups is 1. The second-order valence-electron chi connectivity index (χ2n) is 5.05. The number of hydrogen-bond donors (Lipinski definition) is 2. The largest absolute Gasteiger partial charge is 0.346 e. The summed E-state index contributed by atoms with van der Waals surface area (Å²) in [6.45, 7) is 6.32. The van der Waals surface area contributed by atoms with Gasteiger partial charge in [-0.05, 0) is 32.6 Å². The van der Waals surface area contributed by atoms with Crippen molar-refractivity contribution in [2.45, 2.75) is 50.7 Å². The zero-order valence-electron chi connectivity index (χ0n) is 12.6. The van der Waals surface area contributed by atoms with E-state index in [1.54, 1.807) is 24.0 Å². The molecule has 1 heterocycles. The maximum absolute atomic E-state index is 12.4. The Labute approximate surface area is 126 Å². The molecular weight excluding hydrogens is 294 g/mol. The van der Waals surface area contributed by atoms with Gasteiger partial charge in [0, 0.05) is 36.3 Å². The van der Waals surface area contributed by atoms with Crippen LogP contribution in [0.15, 0.2) is 17.2 Å². The summed E-state index contributed by atoms with van der Waals surface area (Å²) < 4.78 is 29.5. The Kier molecular flexibility index (Phi) is 6.57. The Balaban J connectivity index is 3.03. The lowest BCUT2D eigenvalue weighted by molar-refractivity contribution is 0.555. The van der Waals surface area contributed by atoms with Crippen LogP contribution in [0.2, 0.25) is 0 Å². The molecule has 0 saturated heterocycles. The Hall–Kier alpha value is -0.500. The summed E-state index contributed by atoms with van der Waals surface area (Å²) in [6, 6.07) is 1.80. The molecule has 0 aliphatic heterocycles. The smallest absolute Gasteiger partial charge is 0.242 e. The van der Waals surface area contributed by atoms with Gasteiger partial charge in [0.15, 0.2) is 0 Å². The van der Waals surface area contributed by atoms with Crippen molar-refractivity contribution in [3.05, 3.63) is 18.0 Å². The second kappa shape index (κ2) is 7.49. The molecule has 0 spiro atoms. The molecular formula is C13H25N3O2S2. The SMILES string of the molecule is CCC(CSC)NS(=O)(=O)c1cc(CN)n(C(C)C)c1. The molecule has 116 valence electrons. The van der Waals surface area contributed by atoms with Crippen LogP contribution >= 0.6 is 11.8 Å². The van der Waals surface area contributed by atoms with Crippen molar-refractivity contribution < 1.29 is 8.42 Å². The molecule has 0 radical (unpaired) electrons. The van der Waals surface area contributed by atoms with E-state index in [0.717, 1.165) is 17.9 Å². The van der Waals surface area contributed by atoms with Crippen LogP contribution in [0.4, 0.5) is 0 Å². The van der Waals surface area contributed by atoms with Crippen molar-refractivity contribution >= 4 is 21.8 Å². The van der Waals surface area contributed by atoms with E-state index in [4.69, 9.17) is 5.73 Å². The minimum Gasteiger partial charge on any atom is -0.346 e. The van der Waals surface area contributed by atoms with Gasteiger partial charge >= 0.3 is 0 Å². The van der Waals surface area contributed by atoms with Gasteiger partial charge in [-0.15, -0.1) is 0 Å². The van der Waals surface area contributed by atoms with E-state index in [-0.39, 0.29) is 12.1 Å². The highest BCUT2D eigenvalue weighted by atomic mass is 32.2. The van der Waals surface area contributed by atoms with Crippen LogP contribution in [0.5, 0.6) is 0 Å². The Morgan fingerprint density at radius 2 is 2.10 bits per heavy atom. The summed E-state index contributed by atoms with van der Waals surface area (Å²) in [6.07, 6.45) is 4.41. The van der Waals surface area contributed by atoms with Gasteiger partial charge in [-0.2, -0.15) is 11.8 Å². The maximum Gasteiger partial charge on any atom is 0.242 e. The van der Waals surface area contributed by atoms with E-state index < -0.39 is 10.0 Å². The minimum absolute atomic E-state index is 0.0428. The number of hydrogen-bond acceptors (Lipinski definition) is 4. The van der Waals surface area contributed by atoms with Crippen LogP contribution in [0.3, 0.4) is 0 Å². The first kappa shape index (κ1) is 17.6. The van der Waals surface area contributed by atoms with Gasteiger partial charge in [0.1, 0.15) is 0 Å². The molecule has 20 heavy (non-hydrogen) atoms. The standard InChI is InChI=1S/C13H25N3O2S2/c1-5-11(9-19-4)15-20(17,18)13-6-12(7-14)16(8-13)10(2)3/h6,8,10-11,15H,5,7,9,14H2,1-4H3. The van der Waals surface area contributed by atoms with Crippen LogP contribution in [-0.2, 0) is 16.6 Å². The normalized spacial score (nSPS) is 13.9. The van der Waals surface area contributed by atoms with Gasteiger partial charge < -0.3 is 10.3 Å². The van der Waals surface area contributed by atoms with Gasteiger partial charge in [-0.1, -0.05) is 6.92 Å². The summed E-state index contributed by atoms with van der Waals surface area (Å²) in [7, 11) is -3.48. The highest BCUT2D eigenvalue weighted by molar-refractivity contribution is 7.98. The fraction of sp³-hybridized carbons (Fsp3) is 0.692. The summed E-state index contributed by atoms with van der Waals surface area (Å²) in [4.78, 5) is 0.297. The third-order valence-electron chi connectivity index (χ3n) is 3.17. The average molecular weight is 319 g/mol. The van der Waals surface area contributed by atoms with Crippen LogP contribution < -0.4 is 10.5 Å². The van der Waals surface area contributed by atoms with Gasteiger partial charge in [0.25, 0.3) is 0 Å². The van der Waals surface area contributed by atoms with E-state index in [9.17, 15) is 8.42 Å². The minimum atomic E-state index is -3.48. The molecule has 0 bridgehead atoms. The molecule has 1 aromatic heterocycles. The molecule has 0 aromatic carbocycles. The van der Waals surface area contributed by atoms with Gasteiger partial charge in [0.05, 0.1) is 4.90 Å². The molecule has 3 N–H and O–H groups in total. The molecule has 0 aliphatic carbocycles. The van der Waals surface area contributed by atoms with E-state index in [2.05, 4.69) is 4.72 Å². The number of nitrogens with one attached hydrogen (secondary N) is 1. The van der Waals surface area contributed by atoms with E-state index in [1.807, 2.05) is 31.6 Å². The fourth-order valence-electron chi connectivity index (χ4n) is 2.01. The van der Waals surface area contributed by atoms with Gasteiger partial charge in [-0.3, -0.25) is 0 Å². The molecule has 0 saturated carbocycles. The number of nitrogens with zero attached hydrogens (tertiary/aromatic N) is 1. The lowest BCUT2D eigenvalue weighted by Gasteiger charge is -2.15. The monoisotopic (exact) mass is 319 g/mol. The van der Waals surface area contributed by atoms with Crippen LogP contribution in [-0.4, -0.2) is 31.0 Å². The molecule has 1 atom stereocenters. The topological polar surface area (TPSA) is 77.1 Å². The van der Waals surface area contributed by atoms with Crippen LogP contribution in [0.1, 0.15) is 38.9 Å². The van der Waals surface area contributed by atoms with E-state index >= 15 is 0 Å². The van der Waals surface area contributed by atoms with Crippen molar-refractivity contribution in [1.29, 1.82) is 0 Å². The van der Waals surface area contributed by atoms with Crippen molar-refractivity contribution in [2.24, 2.45) is 5.73 Å². The number of rotatable bonds is 8. The van der Waals surface area contributed by atoms with Crippen molar-refractivity contribution in [3.63, 3.8) is 0 Å². The summed E-state index contributed by atoms with van der Waals surface area (Å²) in [5.41, 5.74) is 6.51. The van der Waals surface area contributed by atoms with E-state index in [1.165, 1.54) is 0 Å². The Bertz CT molecular complexity index is 524. The molecule has 1 unspecified atom stereocenters. The molecule has 1 rings (SSSR count). The predicted octanol–water partition coefficient (Wildman–Crippen LogP) is 1.95. The van der Waals surface area contributed by atoms with Gasteiger partial charge in [0.2, 0.25) is 10.0 Å². The Morgan fingerprint density at radius 3 is 2.50 bits per heavy atom. The van der Waals surface area contributed by atoms with Gasteiger partial charge in [-0.25, -0.2) is 13.1 Å². The van der Waals surface area contributed by atoms with Crippen LogP contribution in [0.25, 0.3) is 0 Å². The number of aromatic nitrogens is 1. The van der Waals surface area contributed by atoms with Crippen molar-refractivity contribution in [3.8, 4) is 0 Å². The number of nitrogens with two attached hydrogens (primary N) is 1. The lowest BCUT2D eigenvalue weighted by Crippen LogP contribution is -2.35. The highest BCUT2D eigenvalue weighted by Crippen LogP contribution is 2.19. The molecule has 0 fully saturated rings. The second-order valence-corrected chi connectivity index (χ2v) is 7.68. The predicted molar refractivity (Wildman–Crippen MR) is 85.5 cm³/mol. The third kappa shape index (κ3) is 4.25. The quantitative estimate of drug-likeness (QED) is 0.768. The fourth-order valence-corrected chi connectivity index (χ4v) is 4.21. The average Bonchev–Trinajstić information content (AvgIpc) is 2.83. The first-order chi connectivity index (χ1) is 9.35. The van der Waals surface area contributed by atoms with Crippen molar-refractivity contribution in [2.75, 3.05) is 12.0 Å². The van der Waals surface area contributed by atoms with Crippen LogP contribution in [0, 0.1) is 0 Å². The third-order valence-corrected chi connectivity index (χ3v) is 5.39.